The Kier molecular flexibility index (Phi) is 5.99. The van der Waals surface area contributed by atoms with E-state index >= 15 is 0 Å². The zero-order chi connectivity index (χ0) is 20.1. The number of alkyl halides is 3. The van der Waals surface area contributed by atoms with Gasteiger partial charge in [0.15, 0.2) is 0 Å². The summed E-state index contributed by atoms with van der Waals surface area (Å²) in [7, 11) is 1.57. The molecule has 0 radical (unpaired) electrons. The van der Waals surface area contributed by atoms with Crippen molar-refractivity contribution in [1.82, 2.24) is 15.3 Å². The summed E-state index contributed by atoms with van der Waals surface area (Å²) in [5.41, 5.74) is 1.97. The molecule has 1 atom stereocenters. The molecule has 3 rings (SSSR count). The molecule has 5 nitrogen and oxygen atoms in total. The van der Waals surface area contributed by atoms with Gasteiger partial charge in [-0.1, -0.05) is 36.4 Å². The highest BCUT2D eigenvalue weighted by atomic mass is 19.4. The van der Waals surface area contributed by atoms with Gasteiger partial charge in [-0.2, -0.15) is 13.2 Å². The third-order valence-electron chi connectivity index (χ3n) is 4.30. The molecule has 0 spiro atoms. The van der Waals surface area contributed by atoms with E-state index in [2.05, 4.69) is 15.3 Å². The number of halogens is 3. The summed E-state index contributed by atoms with van der Waals surface area (Å²) in [5.74, 6) is -1.20. The molecule has 0 aliphatic heterocycles. The first-order chi connectivity index (χ1) is 13.4. The van der Waals surface area contributed by atoms with E-state index in [-0.39, 0.29) is 16.9 Å². The number of aromatic nitrogens is 2. The molecule has 0 saturated carbocycles. The van der Waals surface area contributed by atoms with Crippen LogP contribution in [0, 0.1) is 0 Å². The van der Waals surface area contributed by atoms with Gasteiger partial charge in [-0.15, -0.1) is 0 Å². The minimum absolute atomic E-state index is 0.161. The molecule has 28 heavy (non-hydrogen) atoms. The topological polar surface area (TPSA) is 67.0 Å². The van der Waals surface area contributed by atoms with Gasteiger partial charge in [0.05, 0.1) is 17.1 Å². The number of carbonyl (C=O) groups excluding carboxylic acids is 1. The van der Waals surface area contributed by atoms with Crippen LogP contribution in [0.25, 0.3) is 11.0 Å². The number of ether oxygens (including phenoxy) is 1. The van der Waals surface area contributed by atoms with Gasteiger partial charge in [0, 0.05) is 20.1 Å². The van der Waals surface area contributed by atoms with Crippen LogP contribution in [0.3, 0.4) is 0 Å². The summed E-state index contributed by atoms with van der Waals surface area (Å²) in [6.45, 7) is 0.476. The number of rotatable bonds is 7. The third-order valence-corrected chi connectivity index (χ3v) is 4.30. The Morgan fingerprint density at radius 2 is 1.93 bits per heavy atom. The Hall–Kier alpha value is -2.87. The van der Waals surface area contributed by atoms with E-state index in [1.165, 1.54) is 6.07 Å². The van der Waals surface area contributed by atoms with Crippen LogP contribution in [0.4, 0.5) is 13.2 Å². The number of hydrogen-bond acceptors (Lipinski definition) is 3. The average Bonchev–Trinajstić information content (AvgIpc) is 3.11. The van der Waals surface area contributed by atoms with Gasteiger partial charge < -0.3 is 15.0 Å². The molecule has 148 valence electrons. The third kappa shape index (κ3) is 4.69. The van der Waals surface area contributed by atoms with Gasteiger partial charge in [0.2, 0.25) is 11.7 Å². The molecule has 0 saturated heterocycles. The number of methoxy groups -OCH3 is 1. The second kappa shape index (κ2) is 8.43. The summed E-state index contributed by atoms with van der Waals surface area (Å²) in [6, 6.07) is 13.6. The zero-order valence-corrected chi connectivity index (χ0v) is 15.2. The molecular weight excluding hydrogens is 371 g/mol. The van der Waals surface area contributed by atoms with E-state index in [1.54, 1.807) is 19.2 Å². The number of imidazole rings is 1. The van der Waals surface area contributed by atoms with Crippen LogP contribution in [-0.2, 0) is 15.7 Å². The standard InChI is InChI=1S/C20H20F3N3O2/c1-28-11-5-8-17(27)26-18(13-6-3-2-4-7-13)14-9-10-15-16(12-14)25-19(24-15)20(21,22)23/h2-4,6-7,9-10,12,18H,5,8,11H2,1H3,(H,24,25)(H,26,27)/t18-/m1/s1. The van der Waals surface area contributed by atoms with E-state index < -0.39 is 18.0 Å². The Balaban J connectivity index is 1.92. The van der Waals surface area contributed by atoms with E-state index in [1.807, 2.05) is 30.3 Å². The van der Waals surface area contributed by atoms with Gasteiger partial charge in [0.25, 0.3) is 0 Å². The van der Waals surface area contributed by atoms with Crippen molar-refractivity contribution in [2.24, 2.45) is 0 Å². The molecule has 1 aromatic heterocycles. The van der Waals surface area contributed by atoms with Gasteiger partial charge in [-0.05, 0) is 29.7 Å². The first-order valence-corrected chi connectivity index (χ1v) is 8.78. The highest BCUT2D eigenvalue weighted by Crippen LogP contribution is 2.30. The number of benzene rings is 2. The van der Waals surface area contributed by atoms with Crippen LogP contribution < -0.4 is 5.32 Å². The minimum Gasteiger partial charge on any atom is -0.385 e. The van der Waals surface area contributed by atoms with E-state index in [0.29, 0.717) is 25.0 Å². The van der Waals surface area contributed by atoms with E-state index in [9.17, 15) is 18.0 Å². The molecule has 1 heterocycles. The van der Waals surface area contributed by atoms with Crippen LogP contribution >= 0.6 is 0 Å². The first-order valence-electron chi connectivity index (χ1n) is 8.78. The van der Waals surface area contributed by atoms with Crippen molar-refractivity contribution in [2.45, 2.75) is 25.1 Å². The number of nitrogens with one attached hydrogen (secondary N) is 2. The molecule has 1 amide bonds. The monoisotopic (exact) mass is 391 g/mol. The molecular formula is C20H20F3N3O2. The average molecular weight is 391 g/mol. The van der Waals surface area contributed by atoms with E-state index in [4.69, 9.17) is 4.74 Å². The van der Waals surface area contributed by atoms with Crippen LogP contribution in [0.1, 0.15) is 35.8 Å². The number of nitrogens with zero attached hydrogens (tertiary/aromatic N) is 1. The normalized spacial score (nSPS) is 12.9. The molecule has 0 aliphatic rings. The second-order valence-electron chi connectivity index (χ2n) is 6.37. The molecule has 0 unspecified atom stereocenters. The van der Waals surface area contributed by atoms with Gasteiger partial charge in [-0.3, -0.25) is 4.79 Å². The quantitative estimate of drug-likeness (QED) is 0.593. The van der Waals surface area contributed by atoms with Crippen molar-refractivity contribution in [2.75, 3.05) is 13.7 Å². The highest BCUT2D eigenvalue weighted by Gasteiger charge is 2.34. The van der Waals surface area contributed by atoms with Gasteiger partial charge in [-0.25, -0.2) is 4.98 Å². The smallest absolute Gasteiger partial charge is 0.385 e. The van der Waals surface area contributed by atoms with Gasteiger partial charge in [0.1, 0.15) is 0 Å². The lowest BCUT2D eigenvalue weighted by Gasteiger charge is -2.20. The Morgan fingerprint density at radius 1 is 1.18 bits per heavy atom. The summed E-state index contributed by atoms with van der Waals surface area (Å²) in [5, 5.41) is 2.96. The summed E-state index contributed by atoms with van der Waals surface area (Å²) in [4.78, 5) is 18.2. The van der Waals surface area contributed by atoms with Crippen LogP contribution in [-0.4, -0.2) is 29.6 Å². The van der Waals surface area contributed by atoms with Crippen molar-refractivity contribution in [3.63, 3.8) is 0 Å². The van der Waals surface area contributed by atoms with Crippen molar-refractivity contribution >= 4 is 16.9 Å². The fourth-order valence-electron chi connectivity index (χ4n) is 2.96. The maximum Gasteiger partial charge on any atom is 0.449 e. The lowest BCUT2D eigenvalue weighted by molar-refractivity contribution is -0.144. The lowest BCUT2D eigenvalue weighted by atomic mass is 9.98. The Morgan fingerprint density at radius 3 is 2.61 bits per heavy atom. The largest absolute Gasteiger partial charge is 0.449 e. The fraction of sp³-hybridized carbons (Fsp3) is 0.300. The number of amides is 1. The van der Waals surface area contributed by atoms with Crippen molar-refractivity contribution in [1.29, 1.82) is 0 Å². The zero-order valence-electron chi connectivity index (χ0n) is 15.2. The second-order valence-corrected chi connectivity index (χ2v) is 6.37. The van der Waals surface area contributed by atoms with Gasteiger partial charge >= 0.3 is 6.18 Å². The highest BCUT2D eigenvalue weighted by molar-refractivity contribution is 5.79. The van der Waals surface area contributed by atoms with Crippen LogP contribution in [0.2, 0.25) is 0 Å². The van der Waals surface area contributed by atoms with E-state index in [0.717, 1.165) is 5.56 Å². The maximum absolute atomic E-state index is 12.9. The molecule has 0 bridgehead atoms. The number of H-pyrrole nitrogens is 1. The molecule has 2 N–H and O–H groups in total. The van der Waals surface area contributed by atoms with Crippen molar-refractivity contribution in [3.05, 3.63) is 65.5 Å². The fourth-order valence-corrected chi connectivity index (χ4v) is 2.96. The summed E-state index contributed by atoms with van der Waals surface area (Å²) < 4.78 is 43.7. The van der Waals surface area contributed by atoms with Crippen molar-refractivity contribution < 1.29 is 22.7 Å². The molecule has 2 aromatic carbocycles. The van der Waals surface area contributed by atoms with Crippen LogP contribution in [0.15, 0.2) is 48.5 Å². The lowest BCUT2D eigenvalue weighted by Crippen LogP contribution is -2.29. The van der Waals surface area contributed by atoms with Crippen molar-refractivity contribution in [3.8, 4) is 0 Å². The predicted octanol–water partition coefficient (Wildman–Crippen LogP) is 4.21. The Labute approximate surface area is 159 Å². The molecule has 8 heteroatoms. The first kappa shape index (κ1) is 19.9. The minimum atomic E-state index is -4.55. The number of fused-ring (bicyclic) bond motifs is 1. The number of carbonyl (C=O) groups is 1. The summed E-state index contributed by atoms with van der Waals surface area (Å²) >= 11 is 0. The number of hydrogen-bond donors (Lipinski definition) is 2. The molecule has 0 aliphatic carbocycles. The SMILES string of the molecule is COCCCC(=O)N[C@H](c1ccccc1)c1ccc2nc(C(F)(F)F)[nH]c2c1. The molecule has 0 fully saturated rings. The maximum atomic E-state index is 12.9. The predicted molar refractivity (Wildman–Crippen MR) is 98.6 cm³/mol. The van der Waals surface area contributed by atoms with Crippen LogP contribution in [0.5, 0.6) is 0 Å². The summed E-state index contributed by atoms with van der Waals surface area (Å²) in [6.07, 6.45) is -3.67. The Bertz CT molecular complexity index is 939. The molecule has 3 aromatic rings. The number of aromatic amines is 1.